The van der Waals surface area contributed by atoms with E-state index in [2.05, 4.69) is 10.2 Å². The second-order valence-electron chi connectivity index (χ2n) is 7.30. The fourth-order valence-electron chi connectivity index (χ4n) is 3.76. The molecule has 3 aromatic rings. The Kier molecular flexibility index (Phi) is 5.48. The predicted molar refractivity (Wildman–Crippen MR) is 123 cm³/mol. The highest BCUT2D eigenvalue weighted by Gasteiger charge is 2.48. The average Bonchev–Trinajstić information content (AvgIpc) is 3.35. The summed E-state index contributed by atoms with van der Waals surface area (Å²) in [5, 5.41) is 20.6. The molecule has 8 nitrogen and oxygen atoms in total. The lowest BCUT2D eigenvalue weighted by Gasteiger charge is -2.23. The van der Waals surface area contributed by atoms with Crippen molar-refractivity contribution in [2.45, 2.75) is 13.0 Å². The molecule has 11 heteroatoms. The lowest BCUT2D eigenvalue weighted by molar-refractivity contribution is -0.132. The predicted octanol–water partition coefficient (Wildman–Crippen LogP) is 4.55. The zero-order valence-corrected chi connectivity index (χ0v) is 19.4. The Hall–Kier alpha value is -3.14. The van der Waals surface area contributed by atoms with E-state index in [1.54, 1.807) is 43.3 Å². The number of fused-ring (bicyclic) bond motifs is 1. The Morgan fingerprint density at radius 1 is 1.06 bits per heavy atom. The molecule has 1 saturated heterocycles. The van der Waals surface area contributed by atoms with Gasteiger partial charge in [0.25, 0.3) is 5.78 Å². The number of carbonyl (C=O) groups is 2. The van der Waals surface area contributed by atoms with Crippen molar-refractivity contribution in [1.82, 2.24) is 10.2 Å². The van der Waals surface area contributed by atoms with Crippen LogP contribution in [-0.4, -0.2) is 40.2 Å². The third-order valence-corrected chi connectivity index (χ3v) is 6.82. The van der Waals surface area contributed by atoms with Gasteiger partial charge in [0.05, 0.1) is 21.7 Å². The number of aliphatic hydroxyl groups is 1. The first-order valence-electron chi connectivity index (χ1n) is 9.81. The van der Waals surface area contributed by atoms with E-state index in [1.807, 2.05) is 0 Å². The molecule has 0 spiro atoms. The smallest absolute Gasteiger partial charge is 0.301 e. The summed E-state index contributed by atoms with van der Waals surface area (Å²) in [5.41, 5.74) is 0.675. The Bertz CT molecular complexity index is 1340. The molecule has 1 N–H and O–H groups in total. The maximum absolute atomic E-state index is 13.2. The lowest BCUT2D eigenvalue weighted by Crippen LogP contribution is -2.29. The Morgan fingerprint density at radius 3 is 2.52 bits per heavy atom. The number of carbonyl (C=O) groups excluding carboxylic acids is 2. The molecule has 5 rings (SSSR count). The van der Waals surface area contributed by atoms with Crippen molar-refractivity contribution in [3.63, 3.8) is 0 Å². The molecule has 0 radical (unpaired) electrons. The van der Waals surface area contributed by atoms with Crippen molar-refractivity contribution in [3.05, 3.63) is 68.2 Å². The number of aryl methyl sites for hydroxylation is 1. The van der Waals surface area contributed by atoms with Crippen LogP contribution in [0.3, 0.4) is 0 Å². The minimum Gasteiger partial charge on any atom is -0.507 e. The fourth-order valence-corrected chi connectivity index (χ4v) is 4.78. The first kappa shape index (κ1) is 21.7. The second kappa shape index (κ2) is 8.33. The highest BCUT2D eigenvalue weighted by Crippen LogP contribution is 2.44. The number of anilines is 1. The van der Waals surface area contributed by atoms with Crippen molar-refractivity contribution in [2.24, 2.45) is 0 Å². The van der Waals surface area contributed by atoms with Crippen molar-refractivity contribution < 1.29 is 24.2 Å². The van der Waals surface area contributed by atoms with Gasteiger partial charge >= 0.3 is 5.91 Å². The van der Waals surface area contributed by atoms with Crippen molar-refractivity contribution in [1.29, 1.82) is 0 Å². The highest BCUT2D eigenvalue weighted by atomic mass is 35.5. The van der Waals surface area contributed by atoms with E-state index in [-0.39, 0.29) is 21.5 Å². The van der Waals surface area contributed by atoms with E-state index in [0.29, 0.717) is 45.9 Å². The maximum atomic E-state index is 13.2. The van der Waals surface area contributed by atoms with Gasteiger partial charge in [-0.3, -0.25) is 14.5 Å². The van der Waals surface area contributed by atoms with Gasteiger partial charge in [0.1, 0.15) is 24.0 Å². The number of amides is 1. The first-order chi connectivity index (χ1) is 15.8. The van der Waals surface area contributed by atoms with Crippen LogP contribution in [0.4, 0.5) is 5.13 Å². The van der Waals surface area contributed by atoms with Gasteiger partial charge in [0.2, 0.25) is 5.13 Å². The molecule has 0 bridgehead atoms. The van der Waals surface area contributed by atoms with Gasteiger partial charge in [-0.2, -0.15) is 0 Å². The van der Waals surface area contributed by atoms with Gasteiger partial charge in [-0.15, -0.1) is 10.2 Å². The molecule has 2 aliphatic rings. The summed E-state index contributed by atoms with van der Waals surface area (Å²) in [7, 11) is 0. The van der Waals surface area contributed by atoms with E-state index in [1.165, 1.54) is 4.90 Å². The molecular weight excluding hydrogens is 489 g/mol. The third-order valence-electron chi connectivity index (χ3n) is 5.24. The van der Waals surface area contributed by atoms with Crippen LogP contribution in [0.2, 0.25) is 10.0 Å². The standard InChI is InChI=1S/C22H15Cl2N3O5S/c1-10-25-26-22(33-10)27-18(11-2-4-13(23)14(24)8-11)17(20(29)21(27)30)19(28)12-3-5-15-16(9-12)32-7-6-31-15/h2-5,8-9,18,28H,6-7H2,1H3/t18-/m1/s1. The molecule has 2 aromatic carbocycles. The van der Waals surface area contributed by atoms with Crippen LogP contribution < -0.4 is 14.4 Å². The molecule has 1 fully saturated rings. The number of aliphatic hydroxyl groups excluding tert-OH is 1. The molecular formula is C22H15Cl2N3O5S. The van der Waals surface area contributed by atoms with Gasteiger partial charge in [-0.25, -0.2) is 0 Å². The first-order valence-corrected chi connectivity index (χ1v) is 11.4. The number of Topliss-reactive ketones (excluding diaryl/α,β-unsaturated/α-hetero) is 1. The minimum absolute atomic E-state index is 0.108. The second-order valence-corrected chi connectivity index (χ2v) is 9.28. The Balaban J connectivity index is 1.70. The summed E-state index contributed by atoms with van der Waals surface area (Å²) in [5.74, 6) is -1.08. The van der Waals surface area contributed by atoms with E-state index in [4.69, 9.17) is 32.7 Å². The quantitative estimate of drug-likeness (QED) is 0.317. The number of nitrogens with zero attached hydrogens (tertiary/aromatic N) is 3. The van der Waals surface area contributed by atoms with Gasteiger partial charge < -0.3 is 14.6 Å². The molecule has 1 amide bonds. The number of halogens is 2. The Labute approximate surface area is 202 Å². The molecule has 0 unspecified atom stereocenters. The number of hydrogen-bond donors (Lipinski definition) is 1. The van der Waals surface area contributed by atoms with Gasteiger partial charge in [-0.05, 0) is 42.8 Å². The summed E-state index contributed by atoms with van der Waals surface area (Å²) < 4.78 is 11.1. The van der Waals surface area contributed by atoms with Gasteiger partial charge in [-0.1, -0.05) is 40.6 Å². The monoisotopic (exact) mass is 503 g/mol. The van der Waals surface area contributed by atoms with Crippen LogP contribution in [0, 0.1) is 6.92 Å². The van der Waals surface area contributed by atoms with E-state index in [9.17, 15) is 14.7 Å². The van der Waals surface area contributed by atoms with E-state index in [0.717, 1.165) is 11.3 Å². The zero-order valence-electron chi connectivity index (χ0n) is 17.0. The number of hydrogen-bond acceptors (Lipinski definition) is 8. The lowest BCUT2D eigenvalue weighted by atomic mass is 9.95. The number of aromatic nitrogens is 2. The third kappa shape index (κ3) is 3.72. The molecule has 3 heterocycles. The van der Waals surface area contributed by atoms with Crippen LogP contribution in [0.1, 0.15) is 22.2 Å². The van der Waals surface area contributed by atoms with Crippen LogP contribution in [-0.2, 0) is 9.59 Å². The molecule has 33 heavy (non-hydrogen) atoms. The SMILES string of the molecule is Cc1nnc(N2C(=O)C(=O)C(=C(O)c3ccc4c(c3)OCCO4)[C@H]2c2ccc(Cl)c(Cl)c2)s1. The zero-order chi connectivity index (χ0) is 23.3. The molecule has 2 aliphatic heterocycles. The number of ether oxygens (including phenoxy) is 2. The van der Waals surface area contributed by atoms with Crippen molar-refractivity contribution in [3.8, 4) is 11.5 Å². The van der Waals surface area contributed by atoms with Crippen LogP contribution in [0.25, 0.3) is 5.76 Å². The summed E-state index contributed by atoms with van der Waals surface area (Å²) >= 11 is 13.5. The molecule has 168 valence electrons. The fraction of sp³-hybridized carbons (Fsp3) is 0.182. The van der Waals surface area contributed by atoms with E-state index < -0.39 is 17.7 Å². The maximum Gasteiger partial charge on any atom is 0.301 e. The summed E-state index contributed by atoms with van der Waals surface area (Å²) in [6.07, 6.45) is 0. The molecule has 1 aromatic heterocycles. The molecule has 0 saturated carbocycles. The van der Waals surface area contributed by atoms with Gasteiger partial charge in [0, 0.05) is 5.56 Å². The van der Waals surface area contributed by atoms with Gasteiger partial charge in [0.15, 0.2) is 11.5 Å². The summed E-state index contributed by atoms with van der Waals surface area (Å²) in [6, 6.07) is 8.58. The van der Waals surface area contributed by atoms with Crippen LogP contribution in [0.5, 0.6) is 11.5 Å². The molecule has 0 aliphatic carbocycles. The summed E-state index contributed by atoms with van der Waals surface area (Å²) in [4.78, 5) is 27.5. The summed E-state index contributed by atoms with van der Waals surface area (Å²) in [6.45, 7) is 2.52. The normalized spacial score (nSPS) is 19.2. The Morgan fingerprint density at radius 2 is 1.82 bits per heavy atom. The number of ketones is 1. The molecule has 1 atom stereocenters. The highest BCUT2D eigenvalue weighted by molar-refractivity contribution is 7.15. The number of benzene rings is 2. The van der Waals surface area contributed by atoms with Crippen LogP contribution in [0.15, 0.2) is 42.0 Å². The largest absolute Gasteiger partial charge is 0.507 e. The van der Waals surface area contributed by atoms with Crippen LogP contribution >= 0.6 is 34.5 Å². The van der Waals surface area contributed by atoms with Crippen molar-refractivity contribution >= 4 is 57.1 Å². The topological polar surface area (TPSA) is 102 Å². The minimum atomic E-state index is -0.986. The van der Waals surface area contributed by atoms with E-state index >= 15 is 0 Å². The average molecular weight is 504 g/mol. The number of rotatable bonds is 3. The van der Waals surface area contributed by atoms with Crippen molar-refractivity contribution in [2.75, 3.05) is 18.1 Å².